The van der Waals surface area contributed by atoms with E-state index in [1.165, 1.54) is 17.7 Å². The van der Waals surface area contributed by atoms with Crippen LogP contribution in [0.25, 0.3) is 0 Å². The van der Waals surface area contributed by atoms with Crippen LogP contribution in [-0.4, -0.2) is 18.6 Å². The standard InChI is InChI=1S/C21H22FN3O2/c1-26-17-4-2-15(3-5-17)14-24-10-8-16-12-19(9-11-25-16)27-18-6-7-21(23)20(22)13-18/h2-7,9,11-13,24H,8,10,14,23H2,1H3. The van der Waals surface area contributed by atoms with Crippen molar-refractivity contribution in [3.8, 4) is 17.2 Å². The number of nitrogens with two attached hydrogens (primary N) is 1. The molecular formula is C21H22FN3O2. The Kier molecular flexibility index (Phi) is 6.22. The maximum atomic E-state index is 13.5. The van der Waals surface area contributed by atoms with Gasteiger partial charge in [0.15, 0.2) is 0 Å². The van der Waals surface area contributed by atoms with Gasteiger partial charge in [0.2, 0.25) is 0 Å². The molecule has 3 N–H and O–H groups in total. The number of pyridine rings is 1. The third-order valence-corrected chi connectivity index (χ3v) is 4.04. The van der Waals surface area contributed by atoms with Gasteiger partial charge in [-0.25, -0.2) is 4.39 Å². The fourth-order valence-electron chi connectivity index (χ4n) is 2.56. The lowest BCUT2D eigenvalue weighted by atomic mass is 10.2. The van der Waals surface area contributed by atoms with E-state index in [2.05, 4.69) is 10.3 Å². The number of aromatic nitrogens is 1. The van der Waals surface area contributed by atoms with Crippen LogP contribution in [0.15, 0.2) is 60.8 Å². The summed E-state index contributed by atoms with van der Waals surface area (Å²) in [6.07, 6.45) is 2.44. The predicted octanol–water partition coefficient (Wildman–Crippen LogP) is 3.94. The molecule has 2 aromatic carbocycles. The van der Waals surface area contributed by atoms with E-state index in [9.17, 15) is 4.39 Å². The van der Waals surface area contributed by atoms with Gasteiger partial charge in [-0.3, -0.25) is 4.98 Å². The number of hydrogen-bond acceptors (Lipinski definition) is 5. The summed E-state index contributed by atoms with van der Waals surface area (Å²) < 4.78 is 24.4. The van der Waals surface area contributed by atoms with Gasteiger partial charge in [0.25, 0.3) is 0 Å². The first-order valence-corrected chi connectivity index (χ1v) is 8.65. The molecule has 0 radical (unpaired) electrons. The van der Waals surface area contributed by atoms with E-state index in [0.717, 1.165) is 31.0 Å². The van der Waals surface area contributed by atoms with Gasteiger partial charge in [-0.15, -0.1) is 0 Å². The number of nitrogen functional groups attached to an aromatic ring is 1. The summed E-state index contributed by atoms with van der Waals surface area (Å²) in [7, 11) is 1.65. The molecule has 0 unspecified atom stereocenters. The topological polar surface area (TPSA) is 69.4 Å². The van der Waals surface area contributed by atoms with E-state index in [1.807, 2.05) is 30.3 Å². The summed E-state index contributed by atoms with van der Waals surface area (Å²) in [6.45, 7) is 1.55. The molecular weight excluding hydrogens is 345 g/mol. The van der Waals surface area contributed by atoms with Gasteiger partial charge in [0.1, 0.15) is 23.1 Å². The maximum absolute atomic E-state index is 13.5. The molecule has 27 heavy (non-hydrogen) atoms. The van der Waals surface area contributed by atoms with Crippen molar-refractivity contribution < 1.29 is 13.9 Å². The van der Waals surface area contributed by atoms with Crippen LogP contribution in [0.2, 0.25) is 0 Å². The quantitative estimate of drug-likeness (QED) is 0.466. The molecule has 1 heterocycles. The molecule has 3 aromatic rings. The highest BCUT2D eigenvalue weighted by Gasteiger charge is 2.04. The van der Waals surface area contributed by atoms with Crippen LogP contribution in [0, 0.1) is 5.82 Å². The fraction of sp³-hybridized carbons (Fsp3) is 0.190. The van der Waals surface area contributed by atoms with Crippen molar-refractivity contribution in [2.45, 2.75) is 13.0 Å². The summed E-state index contributed by atoms with van der Waals surface area (Å²) in [5, 5.41) is 3.39. The number of benzene rings is 2. The molecule has 3 rings (SSSR count). The monoisotopic (exact) mass is 367 g/mol. The Morgan fingerprint density at radius 1 is 1.00 bits per heavy atom. The lowest BCUT2D eigenvalue weighted by Gasteiger charge is -2.09. The molecule has 5 nitrogen and oxygen atoms in total. The molecule has 0 atom stereocenters. The van der Waals surface area contributed by atoms with E-state index >= 15 is 0 Å². The Balaban J connectivity index is 1.50. The van der Waals surface area contributed by atoms with Crippen LogP contribution >= 0.6 is 0 Å². The third kappa shape index (κ3) is 5.43. The number of halogens is 1. The van der Waals surface area contributed by atoms with E-state index in [-0.39, 0.29) is 5.69 Å². The summed E-state index contributed by atoms with van der Waals surface area (Å²) in [5.74, 6) is 1.36. The minimum atomic E-state index is -0.496. The maximum Gasteiger partial charge on any atom is 0.149 e. The highest BCUT2D eigenvalue weighted by molar-refractivity contribution is 5.44. The van der Waals surface area contributed by atoms with E-state index in [1.54, 1.807) is 25.4 Å². The fourth-order valence-corrected chi connectivity index (χ4v) is 2.56. The molecule has 6 heteroatoms. The zero-order chi connectivity index (χ0) is 19.1. The predicted molar refractivity (Wildman–Crippen MR) is 104 cm³/mol. The van der Waals surface area contributed by atoms with Gasteiger partial charge in [0.05, 0.1) is 12.8 Å². The summed E-state index contributed by atoms with van der Waals surface area (Å²) in [5.41, 5.74) is 7.66. The van der Waals surface area contributed by atoms with Crippen LogP contribution < -0.4 is 20.5 Å². The SMILES string of the molecule is COc1ccc(CNCCc2cc(Oc3ccc(N)c(F)c3)ccn2)cc1. The van der Waals surface area contributed by atoms with Crippen molar-refractivity contribution in [2.24, 2.45) is 0 Å². The van der Waals surface area contributed by atoms with E-state index < -0.39 is 5.82 Å². The number of ether oxygens (including phenoxy) is 2. The Morgan fingerprint density at radius 2 is 1.74 bits per heavy atom. The lowest BCUT2D eigenvalue weighted by Crippen LogP contribution is -2.17. The first-order chi connectivity index (χ1) is 13.1. The van der Waals surface area contributed by atoms with Gasteiger partial charge in [-0.1, -0.05) is 12.1 Å². The first kappa shape index (κ1) is 18.7. The molecule has 0 aliphatic heterocycles. The zero-order valence-corrected chi connectivity index (χ0v) is 15.1. The van der Waals surface area contributed by atoms with Gasteiger partial charge in [-0.05, 0) is 35.9 Å². The number of methoxy groups -OCH3 is 1. The van der Waals surface area contributed by atoms with Crippen LogP contribution in [0.3, 0.4) is 0 Å². The molecule has 1 aromatic heterocycles. The summed E-state index contributed by atoms with van der Waals surface area (Å²) >= 11 is 0. The number of rotatable bonds is 8. The van der Waals surface area contributed by atoms with Crippen molar-refractivity contribution in [1.29, 1.82) is 0 Å². The lowest BCUT2D eigenvalue weighted by molar-refractivity contribution is 0.414. The van der Waals surface area contributed by atoms with Gasteiger partial charge in [-0.2, -0.15) is 0 Å². The number of hydrogen-bond donors (Lipinski definition) is 2. The summed E-state index contributed by atoms with van der Waals surface area (Å²) in [4.78, 5) is 4.35. The Labute approximate surface area is 158 Å². The van der Waals surface area contributed by atoms with E-state index in [4.69, 9.17) is 15.2 Å². The molecule has 0 saturated heterocycles. The molecule has 0 fully saturated rings. The first-order valence-electron chi connectivity index (χ1n) is 8.65. The van der Waals surface area contributed by atoms with Crippen LogP contribution in [0.1, 0.15) is 11.3 Å². The average Bonchev–Trinajstić information content (AvgIpc) is 2.69. The van der Waals surface area contributed by atoms with Gasteiger partial charge < -0.3 is 20.5 Å². The van der Waals surface area contributed by atoms with Crippen molar-refractivity contribution >= 4 is 5.69 Å². The van der Waals surface area contributed by atoms with Crippen molar-refractivity contribution in [1.82, 2.24) is 10.3 Å². The van der Waals surface area contributed by atoms with Crippen molar-refractivity contribution in [2.75, 3.05) is 19.4 Å². The minimum Gasteiger partial charge on any atom is -0.497 e. The highest BCUT2D eigenvalue weighted by Crippen LogP contribution is 2.24. The molecule has 0 spiro atoms. The van der Waals surface area contributed by atoms with E-state index in [0.29, 0.717) is 11.5 Å². The summed E-state index contributed by atoms with van der Waals surface area (Å²) in [6, 6.07) is 15.9. The van der Waals surface area contributed by atoms with Crippen molar-refractivity contribution in [3.05, 3.63) is 77.9 Å². The van der Waals surface area contributed by atoms with Gasteiger partial charge in [0, 0.05) is 43.5 Å². The molecule has 0 aliphatic carbocycles. The normalized spacial score (nSPS) is 10.6. The van der Waals surface area contributed by atoms with Crippen LogP contribution in [-0.2, 0) is 13.0 Å². The highest BCUT2D eigenvalue weighted by atomic mass is 19.1. The Bertz CT molecular complexity index is 885. The zero-order valence-electron chi connectivity index (χ0n) is 15.1. The second-order valence-corrected chi connectivity index (χ2v) is 6.04. The average molecular weight is 367 g/mol. The third-order valence-electron chi connectivity index (χ3n) is 4.04. The number of nitrogens with zero attached hydrogens (tertiary/aromatic N) is 1. The number of nitrogens with one attached hydrogen (secondary N) is 1. The van der Waals surface area contributed by atoms with Crippen LogP contribution in [0.5, 0.6) is 17.2 Å². The van der Waals surface area contributed by atoms with Crippen molar-refractivity contribution in [3.63, 3.8) is 0 Å². The molecule has 0 bridgehead atoms. The number of anilines is 1. The minimum absolute atomic E-state index is 0.0979. The van der Waals surface area contributed by atoms with Crippen LogP contribution in [0.4, 0.5) is 10.1 Å². The Hall–Kier alpha value is -3.12. The second kappa shape index (κ2) is 9.00. The molecule has 0 aliphatic rings. The molecule has 140 valence electrons. The largest absolute Gasteiger partial charge is 0.497 e. The second-order valence-electron chi connectivity index (χ2n) is 6.04. The smallest absolute Gasteiger partial charge is 0.149 e. The van der Waals surface area contributed by atoms with Gasteiger partial charge >= 0.3 is 0 Å². The molecule has 0 amide bonds. The Morgan fingerprint density at radius 3 is 2.48 bits per heavy atom. The molecule has 0 saturated carbocycles.